The lowest BCUT2D eigenvalue weighted by atomic mass is 10.0. The maximum Gasteiger partial charge on any atom is 0.233 e. The van der Waals surface area contributed by atoms with Gasteiger partial charge in [0.1, 0.15) is 5.82 Å². The van der Waals surface area contributed by atoms with Crippen LogP contribution in [0.3, 0.4) is 0 Å². The number of benzene rings is 2. The molecule has 20 heavy (non-hydrogen) atoms. The van der Waals surface area contributed by atoms with E-state index in [1.54, 1.807) is 6.07 Å². The largest absolute Gasteiger partial charge is 0.384 e. The van der Waals surface area contributed by atoms with E-state index in [4.69, 9.17) is 11.6 Å². The van der Waals surface area contributed by atoms with Crippen LogP contribution >= 0.6 is 11.6 Å². The minimum absolute atomic E-state index is 0.142. The first-order valence-corrected chi connectivity index (χ1v) is 6.61. The second kappa shape index (κ2) is 5.13. The van der Waals surface area contributed by atoms with Crippen molar-refractivity contribution in [2.45, 2.75) is 5.92 Å². The lowest BCUT2D eigenvalue weighted by Crippen LogP contribution is -2.23. The third-order valence-corrected chi connectivity index (χ3v) is 3.57. The number of anilines is 2. The molecule has 3 nitrogen and oxygen atoms in total. The lowest BCUT2D eigenvalue weighted by Gasteiger charge is -2.12. The van der Waals surface area contributed by atoms with Crippen molar-refractivity contribution >= 4 is 28.9 Å². The fourth-order valence-electron chi connectivity index (χ4n) is 2.33. The molecule has 0 aliphatic carbocycles. The second-order valence-electron chi connectivity index (χ2n) is 4.63. The molecule has 0 bridgehead atoms. The molecular weight excluding hydrogens is 279 g/mol. The van der Waals surface area contributed by atoms with Crippen molar-refractivity contribution < 1.29 is 9.18 Å². The van der Waals surface area contributed by atoms with E-state index in [2.05, 4.69) is 10.6 Å². The van der Waals surface area contributed by atoms with Gasteiger partial charge in [-0.2, -0.15) is 0 Å². The van der Waals surface area contributed by atoms with Crippen LogP contribution in [-0.2, 0) is 4.79 Å². The minimum atomic E-state index is -0.537. The summed E-state index contributed by atoms with van der Waals surface area (Å²) in [6, 6.07) is 11.8. The highest BCUT2D eigenvalue weighted by Crippen LogP contribution is 2.32. The van der Waals surface area contributed by atoms with Gasteiger partial charge in [0.05, 0.1) is 11.6 Å². The van der Waals surface area contributed by atoms with Crippen LogP contribution < -0.4 is 10.6 Å². The van der Waals surface area contributed by atoms with Crippen LogP contribution in [0, 0.1) is 5.82 Å². The molecule has 0 spiro atoms. The van der Waals surface area contributed by atoms with Crippen molar-refractivity contribution in [1.82, 2.24) is 0 Å². The Kier molecular flexibility index (Phi) is 3.32. The summed E-state index contributed by atoms with van der Waals surface area (Å²) in [6.07, 6.45) is 0. The van der Waals surface area contributed by atoms with Gasteiger partial charge in [0, 0.05) is 17.3 Å². The Hall–Kier alpha value is -2.07. The monoisotopic (exact) mass is 290 g/mol. The zero-order valence-electron chi connectivity index (χ0n) is 10.5. The zero-order valence-corrected chi connectivity index (χ0v) is 11.2. The molecule has 1 amide bonds. The summed E-state index contributed by atoms with van der Waals surface area (Å²) >= 11 is 5.68. The molecule has 2 aromatic carbocycles. The van der Waals surface area contributed by atoms with Crippen LogP contribution in [0.25, 0.3) is 0 Å². The topological polar surface area (TPSA) is 41.1 Å². The van der Waals surface area contributed by atoms with Crippen molar-refractivity contribution in [1.29, 1.82) is 0 Å². The van der Waals surface area contributed by atoms with Gasteiger partial charge in [-0.05, 0) is 29.8 Å². The third-order valence-electron chi connectivity index (χ3n) is 3.34. The van der Waals surface area contributed by atoms with Crippen molar-refractivity contribution in [3.63, 3.8) is 0 Å². The van der Waals surface area contributed by atoms with Gasteiger partial charge < -0.3 is 10.6 Å². The van der Waals surface area contributed by atoms with E-state index < -0.39 is 5.82 Å². The Balaban J connectivity index is 1.81. The third kappa shape index (κ3) is 2.34. The quantitative estimate of drug-likeness (QED) is 0.887. The molecule has 5 heteroatoms. The molecule has 3 rings (SSSR count). The fourth-order valence-corrected chi connectivity index (χ4v) is 2.49. The Morgan fingerprint density at radius 1 is 1.30 bits per heavy atom. The maximum absolute atomic E-state index is 13.7. The molecule has 2 N–H and O–H groups in total. The molecule has 1 aliphatic heterocycles. The standard InChI is InChI=1S/C15H12ClFN2O/c16-9-5-6-14(12(17)7-9)19-15(20)11-8-18-13-4-2-1-3-10(11)13/h1-7,11,18H,8H2,(H,19,20). The number of hydrogen-bond donors (Lipinski definition) is 2. The Morgan fingerprint density at radius 3 is 2.90 bits per heavy atom. The highest BCUT2D eigenvalue weighted by Gasteiger charge is 2.28. The number of hydrogen-bond acceptors (Lipinski definition) is 2. The van der Waals surface area contributed by atoms with Crippen LogP contribution in [0.5, 0.6) is 0 Å². The number of nitrogens with one attached hydrogen (secondary N) is 2. The second-order valence-corrected chi connectivity index (χ2v) is 5.07. The van der Waals surface area contributed by atoms with E-state index >= 15 is 0 Å². The van der Waals surface area contributed by atoms with Gasteiger partial charge in [-0.3, -0.25) is 4.79 Å². The molecule has 2 aromatic rings. The summed E-state index contributed by atoms with van der Waals surface area (Å²) < 4.78 is 13.7. The van der Waals surface area contributed by atoms with Crippen molar-refractivity contribution in [3.8, 4) is 0 Å². The predicted molar refractivity (Wildman–Crippen MR) is 77.7 cm³/mol. The van der Waals surface area contributed by atoms with E-state index in [1.807, 2.05) is 24.3 Å². The summed E-state index contributed by atoms with van der Waals surface area (Å²) in [5.74, 6) is -1.09. The van der Waals surface area contributed by atoms with E-state index in [-0.39, 0.29) is 17.5 Å². The fraction of sp³-hybridized carbons (Fsp3) is 0.133. The molecule has 1 heterocycles. The first-order valence-electron chi connectivity index (χ1n) is 6.24. The van der Waals surface area contributed by atoms with E-state index in [0.29, 0.717) is 11.6 Å². The number of rotatable bonds is 2. The summed E-state index contributed by atoms with van der Waals surface area (Å²) in [7, 11) is 0. The van der Waals surface area contributed by atoms with Crippen LogP contribution in [0.2, 0.25) is 5.02 Å². The van der Waals surface area contributed by atoms with Gasteiger partial charge in [0.2, 0.25) is 5.91 Å². The highest BCUT2D eigenvalue weighted by atomic mass is 35.5. The van der Waals surface area contributed by atoms with Crippen LogP contribution in [-0.4, -0.2) is 12.5 Å². The number of carbonyl (C=O) groups is 1. The maximum atomic E-state index is 13.7. The smallest absolute Gasteiger partial charge is 0.233 e. The van der Waals surface area contributed by atoms with Gasteiger partial charge in [0.15, 0.2) is 0 Å². The van der Waals surface area contributed by atoms with Gasteiger partial charge in [0.25, 0.3) is 0 Å². The van der Waals surface area contributed by atoms with Crippen molar-refractivity contribution in [3.05, 3.63) is 58.9 Å². The summed E-state index contributed by atoms with van der Waals surface area (Å²) in [4.78, 5) is 12.3. The lowest BCUT2D eigenvalue weighted by molar-refractivity contribution is -0.117. The van der Waals surface area contributed by atoms with Crippen molar-refractivity contribution in [2.75, 3.05) is 17.2 Å². The van der Waals surface area contributed by atoms with Gasteiger partial charge in [-0.25, -0.2) is 4.39 Å². The van der Waals surface area contributed by atoms with Crippen molar-refractivity contribution in [2.24, 2.45) is 0 Å². The van der Waals surface area contributed by atoms with Gasteiger partial charge in [-0.15, -0.1) is 0 Å². The molecule has 0 aromatic heterocycles. The van der Waals surface area contributed by atoms with Crippen LogP contribution in [0.15, 0.2) is 42.5 Å². The molecule has 102 valence electrons. The number of fused-ring (bicyclic) bond motifs is 1. The summed E-state index contributed by atoms with van der Waals surface area (Å²) in [5.41, 5.74) is 2.02. The zero-order chi connectivity index (χ0) is 14.1. The minimum Gasteiger partial charge on any atom is -0.384 e. The average molecular weight is 291 g/mol. The highest BCUT2D eigenvalue weighted by molar-refractivity contribution is 6.30. The van der Waals surface area contributed by atoms with Crippen LogP contribution in [0.4, 0.5) is 15.8 Å². The Bertz CT molecular complexity index is 675. The molecule has 0 saturated heterocycles. The van der Waals surface area contributed by atoms with Gasteiger partial charge in [-0.1, -0.05) is 29.8 Å². The Morgan fingerprint density at radius 2 is 2.10 bits per heavy atom. The number of para-hydroxylation sites is 1. The predicted octanol–water partition coefficient (Wildman–Crippen LogP) is 3.63. The molecule has 0 saturated carbocycles. The SMILES string of the molecule is O=C(Nc1ccc(Cl)cc1F)C1CNc2ccccc21. The average Bonchev–Trinajstić information content (AvgIpc) is 2.86. The first-order chi connectivity index (χ1) is 9.65. The molecule has 1 unspecified atom stereocenters. The molecule has 1 atom stereocenters. The molecule has 0 radical (unpaired) electrons. The number of carbonyl (C=O) groups excluding carboxylic acids is 1. The first kappa shape index (κ1) is 12.9. The number of amides is 1. The van der Waals surface area contributed by atoms with E-state index in [9.17, 15) is 9.18 Å². The summed E-state index contributed by atoms with van der Waals surface area (Å²) in [6.45, 7) is 0.514. The number of halogens is 2. The van der Waals surface area contributed by atoms with Crippen LogP contribution in [0.1, 0.15) is 11.5 Å². The summed E-state index contributed by atoms with van der Waals surface area (Å²) in [5, 5.41) is 6.07. The Labute approximate surface area is 120 Å². The van der Waals surface area contributed by atoms with E-state index in [1.165, 1.54) is 12.1 Å². The molecule has 1 aliphatic rings. The normalized spacial score (nSPS) is 16.4. The molecular formula is C15H12ClFN2O. The molecule has 0 fully saturated rings. The van der Waals surface area contributed by atoms with E-state index in [0.717, 1.165) is 11.3 Å². The van der Waals surface area contributed by atoms with Gasteiger partial charge >= 0.3 is 0 Å².